The van der Waals surface area contributed by atoms with Crippen molar-refractivity contribution in [1.29, 1.82) is 0 Å². The van der Waals surface area contributed by atoms with Gasteiger partial charge < -0.3 is 10.1 Å². The SMILES string of the molecule is Cc1cc2c(N=NC(=O)c3ccccc3[N+](=O)[O-])c(O)[nH]c2cc1Br. The van der Waals surface area contributed by atoms with Gasteiger partial charge in [-0.25, -0.2) is 0 Å². The van der Waals surface area contributed by atoms with E-state index in [1.165, 1.54) is 24.3 Å². The molecule has 1 aromatic heterocycles. The van der Waals surface area contributed by atoms with E-state index < -0.39 is 10.8 Å². The third-order valence-corrected chi connectivity index (χ3v) is 4.46. The Balaban J connectivity index is 2.02. The van der Waals surface area contributed by atoms with Crippen LogP contribution in [0.25, 0.3) is 10.9 Å². The molecule has 126 valence electrons. The second-order valence-electron chi connectivity index (χ2n) is 5.25. The van der Waals surface area contributed by atoms with Gasteiger partial charge in [-0.2, -0.15) is 0 Å². The highest BCUT2D eigenvalue weighted by Gasteiger charge is 2.19. The molecule has 0 aliphatic heterocycles. The number of halogens is 1. The molecule has 1 amide bonds. The van der Waals surface area contributed by atoms with Gasteiger partial charge in [0.1, 0.15) is 5.56 Å². The molecule has 1 heterocycles. The predicted octanol–water partition coefficient (Wildman–Crippen LogP) is 4.78. The highest BCUT2D eigenvalue weighted by Crippen LogP contribution is 2.38. The van der Waals surface area contributed by atoms with Crippen molar-refractivity contribution in [2.45, 2.75) is 6.92 Å². The van der Waals surface area contributed by atoms with Crippen molar-refractivity contribution in [3.05, 3.63) is 62.1 Å². The number of nitro groups is 1. The first-order chi connectivity index (χ1) is 11.9. The second kappa shape index (κ2) is 6.44. The van der Waals surface area contributed by atoms with Crippen molar-refractivity contribution in [3.63, 3.8) is 0 Å². The normalized spacial score (nSPS) is 11.3. The number of fused-ring (bicyclic) bond motifs is 1. The fourth-order valence-electron chi connectivity index (χ4n) is 2.36. The van der Waals surface area contributed by atoms with E-state index in [9.17, 15) is 20.0 Å². The number of carbonyl (C=O) groups excluding carboxylic acids is 1. The molecule has 0 spiro atoms. The van der Waals surface area contributed by atoms with E-state index in [1.54, 1.807) is 12.1 Å². The number of benzene rings is 2. The summed E-state index contributed by atoms with van der Waals surface area (Å²) in [6.07, 6.45) is 0. The number of nitrogens with one attached hydrogen (secondary N) is 1. The van der Waals surface area contributed by atoms with Crippen molar-refractivity contribution in [2.75, 3.05) is 0 Å². The number of H-pyrrole nitrogens is 1. The van der Waals surface area contributed by atoms with Crippen molar-refractivity contribution in [1.82, 2.24) is 4.98 Å². The number of amides is 1. The van der Waals surface area contributed by atoms with Crippen LogP contribution in [-0.2, 0) is 0 Å². The molecule has 0 fully saturated rings. The summed E-state index contributed by atoms with van der Waals surface area (Å²) in [6.45, 7) is 1.87. The average Bonchev–Trinajstić information content (AvgIpc) is 2.87. The number of nitrogens with zero attached hydrogens (tertiary/aromatic N) is 3. The molecule has 0 aliphatic carbocycles. The van der Waals surface area contributed by atoms with Crippen molar-refractivity contribution in [2.24, 2.45) is 10.2 Å². The molecule has 8 nitrogen and oxygen atoms in total. The van der Waals surface area contributed by atoms with Crippen LogP contribution >= 0.6 is 15.9 Å². The summed E-state index contributed by atoms with van der Waals surface area (Å²) in [6, 6.07) is 9.02. The van der Waals surface area contributed by atoms with Gasteiger partial charge in [0, 0.05) is 15.9 Å². The zero-order valence-electron chi connectivity index (χ0n) is 12.9. The van der Waals surface area contributed by atoms with Crippen LogP contribution in [0.15, 0.2) is 51.1 Å². The lowest BCUT2D eigenvalue weighted by Gasteiger charge is -1.98. The highest BCUT2D eigenvalue weighted by atomic mass is 79.9. The summed E-state index contributed by atoms with van der Waals surface area (Å²) >= 11 is 3.39. The Hall–Kier alpha value is -3.07. The zero-order valence-corrected chi connectivity index (χ0v) is 14.4. The molecule has 2 N–H and O–H groups in total. The minimum absolute atomic E-state index is 0.0949. The van der Waals surface area contributed by atoms with E-state index in [0.717, 1.165) is 10.0 Å². The summed E-state index contributed by atoms with van der Waals surface area (Å²) in [4.78, 5) is 25.2. The number of aromatic amines is 1. The van der Waals surface area contributed by atoms with Crippen LogP contribution in [0, 0.1) is 17.0 Å². The summed E-state index contributed by atoms with van der Waals surface area (Å²) < 4.78 is 0.848. The topological polar surface area (TPSA) is 121 Å². The number of aryl methyl sites for hydroxylation is 1. The summed E-state index contributed by atoms with van der Waals surface area (Å²) in [5, 5.41) is 28.9. The molecule has 2 aromatic carbocycles. The van der Waals surface area contributed by atoms with Crippen molar-refractivity contribution >= 4 is 44.1 Å². The Bertz CT molecular complexity index is 1040. The fourth-order valence-corrected chi connectivity index (χ4v) is 2.70. The number of nitro benzene ring substituents is 1. The standard InChI is InChI=1S/C16H11BrN4O4/c1-8-6-10-12(7-11(8)17)18-16(23)14(10)19-20-15(22)9-4-2-3-5-13(9)21(24)25/h2-7,18,23H,1H3. The van der Waals surface area contributed by atoms with Crippen molar-refractivity contribution < 1.29 is 14.8 Å². The quantitative estimate of drug-likeness (QED) is 0.371. The smallest absolute Gasteiger partial charge is 0.302 e. The lowest BCUT2D eigenvalue weighted by Crippen LogP contribution is -2.00. The van der Waals surface area contributed by atoms with Gasteiger partial charge in [-0.3, -0.25) is 14.9 Å². The van der Waals surface area contributed by atoms with E-state index >= 15 is 0 Å². The number of hydrogen-bond donors (Lipinski definition) is 2. The largest absolute Gasteiger partial charge is 0.493 e. The van der Waals surface area contributed by atoms with E-state index in [4.69, 9.17) is 0 Å². The highest BCUT2D eigenvalue weighted by molar-refractivity contribution is 9.10. The zero-order chi connectivity index (χ0) is 18.1. The monoisotopic (exact) mass is 402 g/mol. The number of rotatable bonds is 3. The molecule has 0 saturated heterocycles. The van der Waals surface area contributed by atoms with Gasteiger partial charge >= 0.3 is 5.91 Å². The van der Waals surface area contributed by atoms with E-state index in [1.807, 2.05) is 6.92 Å². The van der Waals surface area contributed by atoms with Gasteiger partial charge in [0.15, 0.2) is 5.69 Å². The molecule has 3 rings (SSSR count). The third-order valence-electron chi connectivity index (χ3n) is 3.60. The molecule has 0 atom stereocenters. The second-order valence-corrected chi connectivity index (χ2v) is 6.10. The van der Waals surface area contributed by atoms with Gasteiger partial charge in [0.25, 0.3) is 5.69 Å². The lowest BCUT2D eigenvalue weighted by molar-refractivity contribution is -0.385. The first-order valence-electron chi connectivity index (χ1n) is 7.08. The van der Waals surface area contributed by atoms with Crippen molar-refractivity contribution in [3.8, 4) is 5.88 Å². The van der Waals surface area contributed by atoms with Crippen LogP contribution in [0.4, 0.5) is 11.4 Å². The minimum Gasteiger partial charge on any atom is -0.493 e. The van der Waals surface area contributed by atoms with Crippen LogP contribution in [0.5, 0.6) is 5.88 Å². The molecule has 3 aromatic rings. The molecule has 0 unspecified atom stereocenters. The maximum Gasteiger partial charge on any atom is 0.302 e. The fraction of sp³-hybridized carbons (Fsp3) is 0.0625. The molecule has 0 aliphatic rings. The molecular weight excluding hydrogens is 392 g/mol. The average molecular weight is 403 g/mol. The molecule has 25 heavy (non-hydrogen) atoms. The van der Waals surface area contributed by atoms with Crippen LogP contribution in [0.1, 0.15) is 15.9 Å². The number of azo groups is 1. The lowest BCUT2D eigenvalue weighted by atomic mass is 10.1. The Morgan fingerprint density at radius 2 is 2.04 bits per heavy atom. The molecule has 9 heteroatoms. The number of aromatic nitrogens is 1. The predicted molar refractivity (Wildman–Crippen MR) is 94.3 cm³/mol. The maximum absolute atomic E-state index is 12.2. The van der Waals surface area contributed by atoms with Crippen LogP contribution in [-0.4, -0.2) is 20.9 Å². The Morgan fingerprint density at radius 3 is 2.76 bits per heavy atom. The number of carbonyl (C=O) groups is 1. The van der Waals surface area contributed by atoms with Gasteiger partial charge in [-0.05, 0) is 30.7 Å². The number of aromatic hydroxyl groups is 1. The van der Waals surface area contributed by atoms with Gasteiger partial charge in [-0.1, -0.05) is 28.1 Å². The molecule has 0 saturated carbocycles. The van der Waals surface area contributed by atoms with Gasteiger partial charge in [-0.15, -0.1) is 10.2 Å². The van der Waals surface area contributed by atoms with Crippen LogP contribution < -0.4 is 0 Å². The first kappa shape index (κ1) is 16.8. The van der Waals surface area contributed by atoms with E-state index in [-0.39, 0.29) is 22.8 Å². The summed E-state index contributed by atoms with van der Waals surface area (Å²) in [5.41, 5.74) is 1.09. The van der Waals surface area contributed by atoms with E-state index in [0.29, 0.717) is 10.9 Å². The van der Waals surface area contributed by atoms with E-state index in [2.05, 4.69) is 31.1 Å². The summed E-state index contributed by atoms with van der Waals surface area (Å²) in [7, 11) is 0. The maximum atomic E-state index is 12.2. The Labute approximate surface area is 149 Å². The summed E-state index contributed by atoms with van der Waals surface area (Å²) in [5.74, 6) is -1.11. The molecule has 0 radical (unpaired) electrons. The third kappa shape index (κ3) is 3.13. The minimum atomic E-state index is -0.866. The number of para-hydroxylation sites is 1. The Morgan fingerprint density at radius 1 is 1.32 bits per heavy atom. The number of hydrogen-bond acceptors (Lipinski definition) is 5. The molecule has 0 bridgehead atoms. The molecular formula is C16H11BrN4O4. The van der Waals surface area contributed by atoms with Gasteiger partial charge in [0.2, 0.25) is 5.88 Å². The Kier molecular flexibility index (Phi) is 4.32. The van der Waals surface area contributed by atoms with Crippen LogP contribution in [0.3, 0.4) is 0 Å². The van der Waals surface area contributed by atoms with Crippen LogP contribution in [0.2, 0.25) is 0 Å². The van der Waals surface area contributed by atoms with Gasteiger partial charge in [0.05, 0.1) is 10.4 Å². The first-order valence-corrected chi connectivity index (χ1v) is 7.88.